The lowest BCUT2D eigenvalue weighted by Gasteiger charge is -2.23. The first-order valence-corrected chi connectivity index (χ1v) is 8.28. The average molecular weight is 308 g/mol. The fraction of sp³-hybridized carbons (Fsp3) is 0.769. The van der Waals surface area contributed by atoms with Gasteiger partial charge in [0.2, 0.25) is 6.29 Å². The summed E-state index contributed by atoms with van der Waals surface area (Å²) in [6, 6.07) is 0. The second-order valence-electron chi connectivity index (χ2n) is 4.24. The molecule has 7 heteroatoms. The van der Waals surface area contributed by atoms with Crippen LogP contribution in [0.1, 0.15) is 47.0 Å². The minimum atomic E-state index is -3.72. The van der Waals surface area contributed by atoms with E-state index in [0.29, 0.717) is 19.3 Å². The second kappa shape index (κ2) is 10.1. The zero-order valence-corrected chi connectivity index (χ0v) is 13.6. The van der Waals surface area contributed by atoms with Crippen LogP contribution in [0.2, 0.25) is 0 Å². The molecule has 0 N–H and O–H groups in total. The highest BCUT2D eigenvalue weighted by Crippen LogP contribution is 2.51. The van der Waals surface area contributed by atoms with E-state index in [1.807, 2.05) is 13.8 Å². The van der Waals surface area contributed by atoms with E-state index in [1.165, 1.54) is 6.92 Å². The first kappa shape index (κ1) is 19.3. The Morgan fingerprint density at radius 1 is 1.15 bits per heavy atom. The van der Waals surface area contributed by atoms with Crippen LogP contribution in [0.5, 0.6) is 0 Å². The molecule has 0 aliphatic carbocycles. The topological polar surface area (TPSA) is 71.1 Å². The average Bonchev–Trinajstić information content (AvgIpc) is 2.42. The van der Waals surface area contributed by atoms with Crippen LogP contribution in [-0.4, -0.2) is 25.5 Å². The molecule has 0 bridgehead atoms. The van der Waals surface area contributed by atoms with Crippen LogP contribution in [0, 0.1) is 0 Å². The van der Waals surface area contributed by atoms with Crippen LogP contribution in [-0.2, 0) is 27.7 Å². The Labute approximate surface area is 121 Å². The van der Waals surface area contributed by atoms with Crippen molar-refractivity contribution in [3.8, 4) is 0 Å². The van der Waals surface area contributed by atoms with E-state index in [4.69, 9.17) is 18.3 Å². The Balaban J connectivity index is 4.68. The maximum atomic E-state index is 12.4. The van der Waals surface area contributed by atoms with E-state index in [1.54, 1.807) is 6.92 Å². The van der Waals surface area contributed by atoms with E-state index in [0.717, 1.165) is 0 Å². The number of hydrogen-bond donors (Lipinski definition) is 0. The number of rotatable bonds is 11. The summed E-state index contributed by atoms with van der Waals surface area (Å²) in [6.45, 7) is 11.0. The zero-order chi connectivity index (χ0) is 15.6. The monoisotopic (exact) mass is 308 g/mol. The first-order valence-electron chi connectivity index (χ1n) is 6.82. The molecule has 1 unspecified atom stereocenters. The number of carbonyl (C=O) groups is 1. The SMILES string of the molecule is C=C(C)C(=O)OC(CC)OP(=O)(OCCC)OCCC. The minimum absolute atomic E-state index is 0.242. The molecule has 0 aliphatic rings. The largest absolute Gasteiger partial charge is 0.477 e. The van der Waals surface area contributed by atoms with Crippen molar-refractivity contribution in [2.45, 2.75) is 53.2 Å². The summed E-state index contributed by atoms with van der Waals surface area (Å²) in [5.74, 6) is -0.602. The van der Waals surface area contributed by atoms with Gasteiger partial charge in [0.1, 0.15) is 0 Å². The molecular weight excluding hydrogens is 283 g/mol. The van der Waals surface area contributed by atoms with Gasteiger partial charge in [-0.05, 0) is 19.8 Å². The maximum absolute atomic E-state index is 12.4. The highest BCUT2D eigenvalue weighted by molar-refractivity contribution is 7.48. The maximum Gasteiger partial charge on any atom is 0.477 e. The van der Waals surface area contributed by atoms with Gasteiger partial charge < -0.3 is 4.74 Å². The van der Waals surface area contributed by atoms with Crippen LogP contribution in [0.15, 0.2) is 12.2 Å². The van der Waals surface area contributed by atoms with Crippen molar-refractivity contribution in [1.29, 1.82) is 0 Å². The number of phosphoric ester groups is 1. The standard InChI is InChI=1S/C13H25O6P/c1-6-9-16-20(15,17-10-7-2)19-12(8-3)18-13(14)11(4)5/h12H,4,6-10H2,1-3,5H3. The molecule has 0 saturated carbocycles. The molecule has 20 heavy (non-hydrogen) atoms. The van der Waals surface area contributed by atoms with Crippen molar-refractivity contribution in [1.82, 2.24) is 0 Å². The summed E-state index contributed by atoms with van der Waals surface area (Å²) in [5, 5.41) is 0. The number of ether oxygens (including phenoxy) is 1. The van der Waals surface area contributed by atoms with Crippen LogP contribution >= 0.6 is 7.82 Å². The molecular formula is C13H25O6P. The Kier molecular flexibility index (Phi) is 9.76. The zero-order valence-electron chi connectivity index (χ0n) is 12.7. The molecule has 0 saturated heterocycles. The fourth-order valence-electron chi connectivity index (χ4n) is 1.05. The summed E-state index contributed by atoms with van der Waals surface area (Å²) in [5.41, 5.74) is 0.242. The number of hydrogen-bond acceptors (Lipinski definition) is 6. The van der Waals surface area contributed by atoms with E-state index in [9.17, 15) is 9.36 Å². The molecule has 118 valence electrons. The van der Waals surface area contributed by atoms with Crippen LogP contribution < -0.4 is 0 Å². The summed E-state index contributed by atoms with van der Waals surface area (Å²) < 4.78 is 32.9. The van der Waals surface area contributed by atoms with E-state index in [2.05, 4.69) is 6.58 Å². The van der Waals surface area contributed by atoms with Crippen LogP contribution in [0.4, 0.5) is 0 Å². The van der Waals surface area contributed by atoms with Gasteiger partial charge in [-0.3, -0.25) is 9.05 Å². The number of carbonyl (C=O) groups excluding carboxylic acids is 1. The highest BCUT2D eigenvalue weighted by atomic mass is 31.2. The summed E-state index contributed by atoms with van der Waals surface area (Å²) >= 11 is 0. The Bertz CT molecular complexity index is 343. The van der Waals surface area contributed by atoms with Gasteiger partial charge in [-0.25, -0.2) is 13.9 Å². The molecule has 0 aromatic heterocycles. The van der Waals surface area contributed by atoms with Gasteiger partial charge in [-0.2, -0.15) is 0 Å². The fourth-order valence-corrected chi connectivity index (χ4v) is 2.54. The van der Waals surface area contributed by atoms with Crippen molar-refractivity contribution in [2.75, 3.05) is 13.2 Å². The van der Waals surface area contributed by atoms with Crippen molar-refractivity contribution < 1.29 is 27.7 Å². The molecule has 6 nitrogen and oxygen atoms in total. The predicted molar refractivity (Wildman–Crippen MR) is 76.2 cm³/mol. The lowest BCUT2D eigenvalue weighted by Crippen LogP contribution is -2.21. The van der Waals surface area contributed by atoms with Gasteiger partial charge in [-0.15, -0.1) is 0 Å². The second-order valence-corrected chi connectivity index (χ2v) is 5.86. The molecule has 0 spiro atoms. The third kappa shape index (κ3) is 7.80. The third-order valence-electron chi connectivity index (χ3n) is 2.07. The van der Waals surface area contributed by atoms with Gasteiger partial charge >= 0.3 is 13.8 Å². The third-order valence-corrected chi connectivity index (χ3v) is 3.56. The minimum Gasteiger partial charge on any atom is -0.432 e. The summed E-state index contributed by atoms with van der Waals surface area (Å²) in [6.07, 6.45) is 0.684. The molecule has 0 rings (SSSR count). The molecule has 0 radical (unpaired) electrons. The van der Waals surface area contributed by atoms with E-state index >= 15 is 0 Å². The van der Waals surface area contributed by atoms with Gasteiger partial charge in [0.25, 0.3) is 0 Å². The van der Waals surface area contributed by atoms with E-state index < -0.39 is 20.1 Å². The lowest BCUT2D eigenvalue weighted by molar-refractivity contribution is -0.161. The molecule has 1 atom stereocenters. The van der Waals surface area contributed by atoms with E-state index in [-0.39, 0.29) is 18.8 Å². The van der Waals surface area contributed by atoms with Gasteiger partial charge in [0.15, 0.2) is 0 Å². The van der Waals surface area contributed by atoms with Gasteiger partial charge in [0, 0.05) is 12.0 Å². The molecule has 0 amide bonds. The Morgan fingerprint density at radius 2 is 1.65 bits per heavy atom. The van der Waals surface area contributed by atoms with Crippen molar-refractivity contribution in [2.24, 2.45) is 0 Å². The quantitative estimate of drug-likeness (QED) is 0.250. The highest BCUT2D eigenvalue weighted by Gasteiger charge is 2.31. The predicted octanol–water partition coefficient (Wildman–Crippen LogP) is 3.82. The lowest BCUT2D eigenvalue weighted by atomic mass is 10.3. The van der Waals surface area contributed by atoms with Gasteiger partial charge in [-0.1, -0.05) is 27.4 Å². The molecule has 0 aromatic rings. The number of phosphoric acid groups is 1. The molecule has 0 aliphatic heterocycles. The molecule has 0 heterocycles. The Hall–Kier alpha value is -0.680. The first-order chi connectivity index (χ1) is 9.38. The normalized spacial score (nSPS) is 13.0. The van der Waals surface area contributed by atoms with Gasteiger partial charge in [0.05, 0.1) is 13.2 Å². The summed E-state index contributed by atoms with van der Waals surface area (Å²) in [7, 11) is -3.72. The number of esters is 1. The van der Waals surface area contributed by atoms with Crippen LogP contribution in [0.25, 0.3) is 0 Å². The Morgan fingerprint density at radius 3 is 2.00 bits per heavy atom. The van der Waals surface area contributed by atoms with Crippen molar-refractivity contribution in [3.63, 3.8) is 0 Å². The van der Waals surface area contributed by atoms with Crippen molar-refractivity contribution in [3.05, 3.63) is 12.2 Å². The molecule has 0 fully saturated rings. The smallest absolute Gasteiger partial charge is 0.432 e. The summed E-state index contributed by atoms with van der Waals surface area (Å²) in [4.78, 5) is 11.5. The van der Waals surface area contributed by atoms with Crippen LogP contribution in [0.3, 0.4) is 0 Å². The van der Waals surface area contributed by atoms with Crippen molar-refractivity contribution >= 4 is 13.8 Å². The molecule has 0 aromatic carbocycles.